The SMILES string of the molecule is CCC.CCC(C)CC(O)COc1ccc(C(C)(C)c2ccc(O)cc2)cc1. The highest BCUT2D eigenvalue weighted by molar-refractivity contribution is 5.41. The molecule has 156 valence electrons. The second kappa shape index (κ2) is 11.8. The zero-order valence-electron chi connectivity index (χ0n) is 18.4. The number of ether oxygens (including phenoxy) is 1. The van der Waals surface area contributed by atoms with E-state index in [0.29, 0.717) is 12.5 Å². The van der Waals surface area contributed by atoms with Crippen molar-refractivity contribution in [3.63, 3.8) is 0 Å². The Bertz CT molecular complexity index is 659. The predicted octanol–water partition coefficient (Wildman–Crippen LogP) is 6.31. The molecule has 0 spiro atoms. The fraction of sp³-hybridized carbons (Fsp3) is 0.520. The molecule has 0 aromatic heterocycles. The Balaban J connectivity index is 0.00000122. The van der Waals surface area contributed by atoms with Gasteiger partial charge in [0.25, 0.3) is 0 Å². The van der Waals surface area contributed by atoms with Crippen LogP contribution in [-0.2, 0) is 5.41 Å². The molecule has 2 N–H and O–H groups in total. The summed E-state index contributed by atoms with van der Waals surface area (Å²) in [6.45, 7) is 13.2. The van der Waals surface area contributed by atoms with E-state index in [-0.39, 0.29) is 11.2 Å². The molecule has 28 heavy (non-hydrogen) atoms. The average molecular weight is 387 g/mol. The number of hydrogen-bond donors (Lipinski definition) is 2. The number of aliphatic hydroxyl groups excluding tert-OH is 1. The van der Waals surface area contributed by atoms with Crippen molar-refractivity contribution in [2.24, 2.45) is 5.92 Å². The predicted molar refractivity (Wildman–Crippen MR) is 118 cm³/mol. The van der Waals surface area contributed by atoms with Gasteiger partial charge in [0.15, 0.2) is 0 Å². The fourth-order valence-corrected chi connectivity index (χ4v) is 2.90. The quantitative estimate of drug-likeness (QED) is 0.559. The summed E-state index contributed by atoms with van der Waals surface area (Å²) in [5.74, 6) is 1.56. The van der Waals surface area contributed by atoms with Gasteiger partial charge in [0.05, 0.1) is 6.10 Å². The van der Waals surface area contributed by atoms with Crippen LogP contribution < -0.4 is 4.74 Å². The van der Waals surface area contributed by atoms with Crippen molar-refractivity contribution in [3.8, 4) is 11.5 Å². The normalized spacial score (nSPS) is 13.2. The van der Waals surface area contributed by atoms with E-state index in [9.17, 15) is 10.2 Å². The monoisotopic (exact) mass is 386 g/mol. The van der Waals surface area contributed by atoms with Gasteiger partial charge in [-0.05, 0) is 47.7 Å². The van der Waals surface area contributed by atoms with Crippen LogP contribution >= 0.6 is 0 Å². The first-order valence-electron chi connectivity index (χ1n) is 10.4. The molecule has 3 nitrogen and oxygen atoms in total. The van der Waals surface area contributed by atoms with Gasteiger partial charge >= 0.3 is 0 Å². The number of benzene rings is 2. The van der Waals surface area contributed by atoms with E-state index in [1.807, 2.05) is 24.3 Å². The van der Waals surface area contributed by atoms with E-state index in [2.05, 4.69) is 53.7 Å². The summed E-state index contributed by atoms with van der Waals surface area (Å²) in [4.78, 5) is 0. The van der Waals surface area contributed by atoms with Gasteiger partial charge in [-0.1, -0.05) is 78.6 Å². The van der Waals surface area contributed by atoms with Crippen LogP contribution in [0.1, 0.15) is 71.9 Å². The van der Waals surface area contributed by atoms with Gasteiger partial charge in [-0.15, -0.1) is 0 Å². The van der Waals surface area contributed by atoms with Crippen molar-refractivity contribution in [1.82, 2.24) is 0 Å². The van der Waals surface area contributed by atoms with Crippen LogP contribution in [0, 0.1) is 5.92 Å². The van der Waals surface area contributed by atoms with E-state index in [4.69, 9.17) is 4.74 Å². The molecule has 0 bridgehead atoms. The summed E-state index contributed by atoms with van der Waals surface area (Å²) in [6.07, 6.45) is 2.66. The Morgan fingerprint density at radius 3 is 1.82 bits per heavy atom. The van der Waals surface area contributed by atoms with E-state index in [0.717, 1.165) is 24.2 Å². The summed E-state index contributed by atoms with van der Waals surface area (Å²) in [6, 6.07) is 15.4. The van der Waals surface area contributed by atoms with Crippen LogP contribution in [-0.4, -0.2) is 22.9 Å². The highest BCUT2D eigenvalue weighted by atomic mass is 16.5. The molecule has 0 saturated heterocycles. The smallest absolute Gasteiger partial charge is 0.119 e. The van der Waals surface area contributed by atoms with Crippen LogP contribution in [0.15, 0.2) is 48.5 Å². The highest BCUT2D eigenvalue weighted by Crippen LogP contribution is 2.33. The molecule has 2 aromatic carbocycles. The van der Waals surface area contributed by atoms with Crippen LogP contribution in [0.3, 0.4) is 0 Å². The number of aliphatic hydroxyl groups is 1. The number of hydrogen-bond acceptors (Lipinski definition) is 3. The van der Waals surface area contributed by atoms with Crippen LogP contribution in [0.2, 0.25) is 0 Å². The molecule has 2 rings (SSSR count). The van der Waals surface area contributed by atoms with Gasteiger partial charge in [0, 0.05) is 5.41 Å². The fourth-order valence-electron chi connectivity index (χ4n) is 2.90. The van der Waals surface area contributed by atoms with E-state index < -0.39 is 6.10 Å². The minimum absolute atomic E-state index is 0.164. The van der Waals surface area contributed by atoms with Gasteiger partial charge < -0.3 is 14.9 Å². The molecule has 0 fully saturated rings. The van der Waals surface area contributed by atoms with Gasteiger partial charge in [0.2, 0.25) is 0 Å². The second-order valence-electron chi connectivity index (χ2n) is 8.12. The molecule has 0 amide bonds. The standard InChI is InChI=1S/C22H30O3.C3H8/c1-5-16(2)14-20(24)15-25-21-12-8-18(9-13-21)22(3,4)17-6-10-19(23)11-7-17;1-3-2/h6-13,16,20,23-24H,5,14-15H2,1-4H3;3H2,1-2H3. The first-order valence-corrected chi connectivity index (χ1v) is 10.4. The summed E-state index contributed by atoms with van der Waals surface area (Å²) < 4.78 is 5.72. The van der Waals surface area contributed by atoms with Crippen molar-refractivity contribution >= 4 is 0 Å². The molecule has 0 heterocycles. The molecule has 0 radical (unpaired) electrons. The van der Waals surface area contributed by atoms with Gasteiger partial charge in [-0.3, -0.25) is 0 Å². The Hall–Kier alpha value is -2.00. The highest BCUT2D eigenvalue weighted by Gasteiger charge is 2.23. The van der Waals surface area contributed by atoms with Crippen LogP contribution in [0.4, 0.5) is 0 Å². The minimum Gasteiger partial charge on any atom is -0.508 e. The maximum absolute atomic E-state index is 10.0. The lowest BCUT2D eigenvalue weighted by Gasteiger charge is -2.26. The molecule has 0 aliphatic rings. The van der Waals surface area contributed by atoms with E-state index in [1.54, 1.807) is 12.1 Å². The summed E-state index contributed by atoms with van der Waals surface area (Å²) >= 11 is 0. The molecule has 0 saturated carbocycles. The lowest BCUT2D eigenvalue weighted by molar-refractivity contribution is 0.0865. The van der Waals surface area contributed by atoms with E-state index in [1.165, 1.54) is 12.0 Å². The second-order valence-corrected chi connectivity index (χ2v) is 8.12. The molecule has 2 unspecified atom stereocenters. The largest absolute Gasteiger partial charge is 0.508 e. The topological polar surface area (TPSA) is 49.7 Å². The third-order valence-electron chi connectivity index (χ3n) is 4.98. The molecule has 2 atom stereocenters. The first kappa shape index (κ1) is 24.0. The van der Waals surface area contributed by atoms with E-state index >= 15 is 0 Å². The van der Waals surface area contributed by atoms with Crippen molar-refractivity contribution < 1.29 is 14.9 Å². The zero-order valence-corrected chi connectivity index (χ0v) is 18.4. The molecule has 0 aliphatic heterocycles. The number of phenolic OH excluding ortho intramolecular Hbond substituents is 1. The summed E-state index contributed by atoms with van der Waals surface area (Å²) in [5, 5.41) is 19.5. The Labute approximate surface area is 171 Å². The zero-order chi connectivity index (χ0) is 21.2. The lowest BCUT2D eigenvalue weighted by atomic mass is 9.78. The Morgan fingerprint density at radius 1 is 0.893 bits per heavy atom. The summed E-state index contributed by atoms with van der Waals surface area (Å²) in [7, 11) is 0. The number of phenols is 1. The molecular weight excluding hydrogens is 348 g/mol. The maximum Gasteiger partial charge on any atom is 0.119 e. The summed E-state index contributed by atoms with van der Waals surface area (Å²) in [5.41, 5.74) is 2.15. The average Bonchev–Trinajstić information content (AvgIpc) is 2.67. The van der Waals surface area contributed by atoms with Gasteiger partial charge in [0.1, 0.15) is 18.1 Å². The maximum atomic E-state index is 10.0. The molecule has 3 heteroatoms. The molecule has 2 aromatic rings. The third-order valence-corrected chi connectivity index (χ3v) is 4.98. The van der Waals surface area contributed by atoms with Gasteiger partial charge in [-0.2, -0.15) is 0 Å². The number of aromatic hydroxyl groups is 1. The number of rotatable bonds is 8. The van der Waals surface area contributed by atoms with Crippen LogP contribution in [0.5, 0.6) is 11.5 Å². The van der Waals surface area contributed by atoms with Crippen molar-refractivity contribution in [2.75, 3.05) is 6.61 Å². The lowest BCUT2D eigenvalue weighted by Crippen LogP contribution is -2.20. The first-order chi connectivity index (χ1) is 13.2. The third kappa shape index (κ3) is 7.55. The minimum atomic E-state index is -0.428. The van der Waals surface area contributed by atoms with Crippen LogP contribution in [0.25, 0.3) is 0 Å². The van der Waals surface area contributed by atoms with Crippen molar-refractivity contribution in [1.29, 1.82) is 0 Å². The van der Waals surface area contributed by atoms with Crippen molar-refractivity contribution in [3.05, 3.63) is 59.7 Å². The molecular formula is C25H38O3. The Morgan fingerprint density at radius 2 is 1.36 bits per heavy atom. The Kier molecular flexibility index (Phi) is 10.1. The molecule has 0 aliphatic carbocycles. The van der Waals surface area contributed by atoms with Gasteiger partial charge in [-0.25, -0.2) is 0 Å². The van der Waals surface area contributed by atoms with Crippen molar-refractivity contribution in [2.45, 2.75) is 72.3 Å².